The fourth-order valence-corrected chi connectivity index (χ4v) is 8.69. The van der Waals surface area contributed by atoms with Gasteiger partial charge in [0.2, 0.25) is 0 Å². The zero-order chi connectivity index (χ0) is 72.9. The molecule has 0 amide bonds. The molecule has 2 N–H and O–H groups in total. The molecule has 98 heavy (non-hydrogen) atoms. The van der Waals surface area contributed by atoms with Gasteiger partial charge in [-0.2, -0.15) is 0 Å². The van der Waals surface area contributed by atoms with Crippen molar-refractivity contribution in [2.45, 2.75) is 213 Å². The van der Waals surface area contributed by atoms with Crippen LogP contribution in [0.25, 0.3) is 34.1 Å². The Hall–Kier alpha value is -8.43. The summed E-state index contributed by atoms with van der Waals surface area (Å²) in [6.07, 6.45) is 14.0. The number of allylic oxidation sites excluding steroid dienone is 2. The number of nitrogens with zero attached hydrogens (tertiary/aromatic N) is 11. The largest absolute Gasteiger partial charge is 2.00 e. The number of aromatic nitrogens is 10. The van der Waals surface area contributed by atoms with Gasteiger partial charge in [0.15, 0.2) is 5.78 Å². The number of ketones is 1. The van der Waals surface area contributed by atoms with Gasteiger partial charge in [0, 0.05) is 99.0 Å². The molecule has 9 rings (SSSR count). The van der Waals surface area contributed by atoms with Gasteiger partial charge in [-0.05, 0) is 136 Å². The molecule has 0 aliphatic carbocycles. The first-order valence-electron chi connectivity index (χ1n) is 33.4. The molecule has 0 fully saturated rings. The number of aromatic carboxylic acids is 1. The standard InChI is InChI=1S/C16H22N2.2C15H20N3.C15H21NO2.C10H13NO2.C9H11NO2.Pt/c1-11(2)12-6-7-17-14(8-12)13-9-15(18-10-13)16(3,4)5;2*1-10(2)11-6-7-12(16-9-11)13-8-14(18-17-13)15(3,4)5;1-10(2)11-6-7-16-12(8-11)13(17)9-14(18)15(3,4)5;1-7(2)8-4-5-11-9(6-8)10(12)13-3;1-6(2)7-3-4-10-8(5-7)9(11)12;/h6-9,11H,10H2,1-5H3;2*6-10H,1-5H3;6-10,17H,1-5H3;4-7H,1-3H3;3-6H,1-2H3,(H,11,12);/q;2*-1;;;;+2. The summed E-state index contributed by atoms with van der Waals surface area (Å²) in [6.45, 7) is 51.0. The number of carbonyl (C=O) groups is 3. The zero-order valence-corrected chi connectivity index (χ0v) is 64.9. The molecule has 8 aromatic heterocycles. The fraction of sp³-hybridized carbons (Fsp3) is 0.450. The van der Waals surface area contributed by atoms with Crippen molar-refractivity contribution in [1.29, 1.82) is 0 Å². The maximum absolute atomic E-state index is 11.8. The van der Waals surface area contributed by atoms with E-state index in [0.717, 1.165) is 63.1 Å². The van der Waals surface area contributed by atoms with Crippen LogP contribution in [0.4, 0.5) is 0 Å². The van der Waals surface area contributed by atoms with Crippen LogP contribution in [0.15, 0.2) is 139 Å². The number of pyridine rings is 6. The van der Waals surface area contributed by atoms with Crippen molar-refractivity contribution in [3.63, 3.8) is 0 Å². The first kappa shape index (κ1) is 83.8. The van der Waals surface area contributed by atoms with E-state index in [1.807, 2.05) is 102 Å². The number of esters is 1. The smallest absolute Gasteiger partial charge is 0.573 e. The summed E-state index contributed by atoms with van der Waals surface area (Å²) < 4.78 is 4.57. The van der Waals surface area contributed by atoms with E-state index in [-0.39, 0.29) is 60.5 Å². The van der Waals surface area contributed by atoms with Crippen LogP contribution < -0.4 is 10.2 Å². The topological polar surface area (TPSA) is 245 Å². The minimum atomic E-state index is -0.975. The average Bonchev–Trinajstić information content (AvgIpc) is 1.68. The fourth-order valence-electron chi connectivity index (χ4n) is 8.69. The molecular weight excluding hydrogens is 1410 g/mol. The van der Waals surface area contributed by atoms with Crippen LogP contribution in [0.1, 0.15) is 279 Å². The van der Waals surface area contributed by atoms with E-state index in [1.165, 1.54) is 47.4 Å². The van der Waals surface area contributed by atoms with E-state index in [4.69, 9.17) is 5.11 Å². The molecule has 0 bridgehead atoms. The molecular formula is C80H107N11O6Pt. The number of hydrogen-bond donors (Lipinski definition) is 2. The Morgan fingerprint density at radius 2 is 0.837 bits per heavy atom. The van der Waals surface area contributed by atoms with E-state index < -0.39 is 11.4 Å². The van der Waals surface area contributed by atoms with Gasteiger partial charge in [-0.15, -0.1) is 0 Å². The van der Waals surface area contributed by atoms with Gasteiger partial charge in [0.25, 0.3) is 0 Å². The van der Waals surface area contributed by atoms with Gasteiger partial charge in [-0.25, -0.2) is 19.6 Å². The summed E-state index contributed by atoms with van der Waals surface area (Å²) >= 11 is 0. The molecule has 1 aliphatic rings. The van der Waals surface area contributed by atoms with E-state index in [1.54, 1.807) is 24.5 Å². The van der Waals surface area contributed by atoms with Crippen molar-refractivity contribution < 1.29 is 50.4 Å². The van der Waals surface area contributed by atoms with Crippen molar-refractivity contribution in [3.05, 3.63) is 202 Å². The molecule has 0 saturated carbocycles. The third-order valence-electron chi connectivity index (χ3n) is 15.6. The van der Waals surface area contributed by atoms with E-state index in [0.29, 0.717) is 46.9 Å². The van der Waals surface area contributed by atoms with Gasteiger partial charge in [0.1, 0.15) is 22.8 Å². The molecule has 9 heterocycles. The summed E-state index contributed by atoms with van der Waals surface area (Å²) in [5.74, 6) is 1.09. The molecule has 0 atom stereocenters. The van der Waals surface area contributed by atoms with Gasteiger partial charge in [-0.3, -0.25) is 29.7 Å². The molecule has 0 saturated heterocycles. The van der Waals surface area contributed by atoms with Crippen molar-refractivity contribution in [1.82, 2.24) is 50.3 Å². The second-order valence-electron chi connectivity index (χ2n) is 30.1. The molecule has 8 aromatic rings. The number of methoxy groups -OCH3 is 1. The Labute approximate surface area is 598 Å². The Bertz CT molecular complexity index is 3770. The number of carboxylic acids is 1. The van der Waals surface area contributed by atoms with Crippen LogP contribution in [-0.2, 0) is 41.4 Å². The van der Waals surface area contributed by atoms with Crippen molar-refractivity contribution in [3.8, 4) is 22.8 Å². The number of carbonyl (C=O) groups excluding carboxylic acids is 2. The zero-order valence-electron chi connectivity index (χ0n) is 62.6. The summed E-state index contributed by atoms with van der Waals surface area (Å²) in [4.78, 5) is 63.2. The van der Waals surface area contributed by atoms with Crippen LogP contribution in [0.5, 0.6) is 0 Å². The van der Waals surface area contributed by atoms with Crippen LogP contribution in [-0.4, -0.2) is 87.4 Å². The Morgan fingerprint density at radius 3 is 1.17 bits per heavy atom. The van der Waals surface area contributed by atoms with Gasteiger partial charge >= 0.3 is 33.0 Å². The van der Waals surface area contributed by atoms with Gasteiger partial charge in [-0.1, -0.05) is 202 Å². The predicted molar refractivity (Wildman–Crippen MR) is 394 cm³/mol. The number of aliphatic hydroxyl groups excluding tert-OH is 1. The molecule has 528 valence electrons. The molecule has 1 aliphatic heterocycles. The van der Waals surface area contributed by atoms with Crippen molar-refractivity contribution in [2.75, 3.05) is 13.7 Å². The predicted octanol–water partition coefficient (Wildman–Crippen LogP) is 18.7. The summed E-state index contributed by atoms with van der Waals surface area (Å²) in [5.41, 5.74) is 16.6. The Kier molecular flexibility index (Phi) is 32.1. The first-order valence-corrected chi connectivity index (χ1v) is 33.4. The third kappa shape index (κ3) is 26.8. The molecule has 0 unspecified atom stereocenters. The number of hydrogen-bond acceptors (Lipinski definition) is 14. The SMILES string of the molecule is CC(C)c1ccc(-c2cc(C(C)(C)C)n[n-]2)nc1.CC(C)c1ccc(-c2cc(C(C)(C)C)n[n-]2)nc1.CC(C)c1ccnc(C(=O)O)c1.CC(C)c1ccnc(C(O)=CC(=O)C(C)(C)C)c1.CC(C)c1ccnc(C2=CC(C(C)(C)C)=NC2)c1.COC(=O)c1cc(C(C)C)ccn1.[Pt+2]. The molecule has 18 heteroatoms. The summed E-state index contributed by atoms with van der Waals surface area (Å²) in [6, 6.07) is 27.4. The van der Waals surface area contributed by atoms with Crippen molar-refractivity contribution in [2.24, 2.45) is 15.8 Å². The number of aliphatic imine (C=N–C) groups is 1. The first-order chi connectivity index (χ1) is 45.1. The van der Waals surface area contributed by atoms with E-state index in [9.17, 15) is 19.5 Å². The maximum atomic E-state index is 11.8. The number of carboxylic acid groups (broad SMARTS) is 1. The molecule has 0 spiro atoms. The van der Waals surface area contributed by atoms with Crippen LogP contribution in [0, 0.1) is 10.8 Å². The van der Waals surface area contributed by atoms with Crippen molar-refractivity contribution >= 4 is 34.8 Å². The minimum absolute atomic E-state index is 0. The van der Waals surface area contributed by atoms with E-state index >= 15 is 0 Å². The second kappa shape index (κ2) is 37.5. The van der Waals surface area contributed by atoms with Gasteiger partial charge in [0.05, 0.1) is 19.3 Å². The maximum Gasteiger partial charge on any atom is 2.00 e. The quantitative estimate of drug-likeness (QED) is 0.0619. The van der Waals surface area contributed by atoms with Gasteiger partial charge < -0.3 is 35.3 Å². The average molecular weight is 1510 g/mol. The molecule has 17 nitrogen and oxygen atoms in total. The minimum Gasteiger partial charge on any atom is -0.573 e. The summed E-state index contributed by atoms with van der Waals surface area (Å²) in [5, 5.41) is 35.5. The number of rotatable bonds is 13. The molecule has 0 radical (unpaired) electrons. The number of aliphatic hydroxyl groups is 1. The number of ether oxygens (including phenoxy) is 1. The normalized spacial score (nSPS) is 12.3. The molecule has 0 aromatic carbocycles. The van der Waals surface area contributed by atoms with Crippen LogP contribution >= 0.6 is 0 Å². The van der Waals surface area contributed by atoms with Crippen LogP contribution in [0.2, 0.25) is 0 Å². The monoisotopic (exact) mass is 1510 g/mol. The third-order valence-corrected chi connectivity index (χ3v) is 15.6. The van der Waals surface area contributed by atoms with E-state index in [2.05, 4.69) is 222 Å². The van der Waals surface area contributed by atoms with Crippen LogP contribution in [0.3, 0.4) is 0 Å². The second-order valence-corrected chi connectivity index (χ2v) is 30.1. The Balaban J connectivity index is 0.000000307. The Morgan fingerprint density at radius 1 is 0.459 bits per heavy atom. The summed E-state index contributed by atoms with van der Waals surface area (Å²) in [7, 11) is 1.35.